The largest absolute Gasteiger partial charge is 0.228 e. The van der Waals surface area contributed by atoms with E-state index < -0.39 is 0 Å². The predicted molar refractivity (Wildman–Crippen MR) is 444 cm³/mol. The van der Waals surface area contributed by atoms with Crippen LogP contribution in [-0.2, 0) is 0 Å². The van der Waals surface area contributed by atoms with Gasteiger partial charge in [-0.25, -0.2) is 19.9 Å². The Morgan fingerprint density at radius 1 is 0.176 bits per heavy atom. The van der Waals surface area contributed by atoms with Gasteiger partial charge < -0.3 is 0 Å². The molecule has 19 aromatic rings. The van der Waals surface area contributed by atoms with Crippen LogP contribution in [0.4, 0.5) is 0 Å². The topological polar surface area (TPSA) is 99.1 Å². The molecule has 0 spiro atoms. The molecule has 0 radical (unpaired) electrons. The van der Waals surface area contributed by atoms with Crippen LogP contribution in [0.25, 0.3) is 211 Å². The molecule has 0 atom stereocenters. The summed E-state index contributed by atoms with van der Waals surface area (Å²) in [5, 5.41) is 30.8. The molecule has 0 saturated carbocycles. The van der Waals surface area contributed by atoms with Crippen molar-refractivity contribution in [3.63, 3.8) is 0 Å². The number of fused-ring (bicyclic) bond motifs is 9. The van der Waals surface area contributed by atoms with E-state index in [1.807, 2.05) is 72.8 Å². The van der Waals surface area contributed by atoms with Crippen molar-refractivity contribution in [2.24, 2.45) is 0 Å². The fourth-order valence-electron chi connectivity index (χ4n) is 16.7. The number of nitrogens with zero attached hydrogens (tertiary/aromatic N) is 6. The van der Waals surface area contributed by atoms with Crippen molar-refractivity contribution >= 4 is 53.9 Å². The minimum Gasteiger partial charge on any atom is -0.228 e. The summed E-state index contributed by atoms with van der Waals surface area (Å²) in [7, 11) is 0. The molecule has 0 unspecified atom stereocenters. The van der Waals surface area contributed by atoms with Gasteiger partial charge in [0.15, 0.2) is 11.6 Å². The van der Waals surface area contributed by atoms with Crippen LogP contribution in [-0.4, -0.2) is 19.9 Å². The molecule has 0 fully saturated rings. The minimum absolute atomic E-state index is 0.647. The first-order valence-corrected chi connectivity index (χ1v) is 36.4. The van der Waals surface area contributed by atoms with E-state index in [0.717, 1.165) is 116 Å². The molecule has 6 heteroatoms. The fourth-order valence-corrected chi connectivity index (χ4v) is 16.7. The van der Waals surface area contributed by atoms with Crippen molar-refractivity contribution < 1.29 is 0 Å². The second kappa shape index (κ2) is 26.2. The van der Waals surface area contributed by atoms with E-state index in [-0.39, 0.29) is 0 Å². The van der Waals surface area contributed by atoms with Gasteiger partial charge in [0.1, 0.15) is 0 Å². The Bertz CT molecular complexity index is 6730. The first-order valence-electron chi connectivity index (χ1n) is 36.4. The van der Waals surface area contributed by atoms with Crippen molar-refractivity contribution in [2.75, 3.05) is 0 Å². The summed E-state index contributed by atoms with van der Waals surface area (Å²) in [6, 6.07) is 132. The molecule has 2 aliphatic carbocycles. The van der Waals surface area contributed by atoms with E-state index in [2.05, 4.69) is 303 Å². The maximum atomic E-state index is 9.64. The average molecular weight is 1370 g/mol. The van der Waals surface area contributed by atoms with Crippen LogP contribution in [0.5, 0.6) is 0 Å². The Morgan fingerprint density at radius 2 is 0.435 bits per heavy atom. The molecule has 0 bridgehead atoms. The zero-order chi connectivity index (χ0) is 71.8. The van der Waals surface area contributed by atoms with Crippen LogP contribution >= 0.6 is 0 Å². The van der Waals surface area contributed by atoms with E-state index >= 15 is 0 Å². The van der Waals surface area contributed by atoms with Gasteiger partial charge in [0.25, 0.3) is 0 Å². The highest BCUT2D eigenvalue weighted by molar-refractivity contribution is 6.29. The van der Waals surface area contributed by atoms with Gasteiger partial charge in [0, 0.05) is 33.4 Å². The smallest absolute Gasteiger partial charge is 0.161 e. The molecule has 0 aliphatic heterocycles. The Morgan fingerprint density at radius 3 is 0.806 bits per heavy atom. The number of rotatable bonds is 10. The lowest BCUT2D eigenvalue weighted by molar-refractivity contribution is 1.19. The predicted octanol–water partition coefficient (Wildman–Crippen LogP) is 26.4. The van der Waals surface area contributed by atoms with Crippen LogP contribution in [0.1, 0.15) is 11.1 Å². The van der Waals surface area contributed by atoms with Crippen LogP contribution in [0.3, 0.4) is 0 Å². The first-order chi connectivity index (χ1) is 53.5. The maximum Gasteiger partial charge on any atom is 0.161 e. The number of nitriles is 2. The molecule has 108 heavy (non-hydrogen) atoms. The van der Waals surface area contributed by atoms with Crippen molar-refractivity contribution in [3.05, 3.63) is 375 Å². The normalized spacial score (nSPS) is 11.5. The molecule has 0 N–H and O–H groups in total. The van der Waals surface area contributed by atoms with Crippen molar-refractivity contribution in [1.29, 1.82) is 10.5 Å². The first kappa shape index (κ1) is 62.9. The summed E-state index contributed by atoms with van der Waals surface area (Å²) in [6.45, 7) is 0. The third kappa shape index (κ3) is 10.5. The molecule has 2 heterocycles. The lowest BCUT2D eigenvalue weighted by atomic mass is 9.83. The Labute approximate surface area is 624 Å². The summed E-state index contributed by atoms with van der Waals surface area (Å²) in [5.41, 5.74) is 30.1. The summed E-state index contributed by atoms with van der Waals surface area (Å²) in [4.78, 5) is 21.1. The standard InChI is InChI=1S/C53H31N3.C49H29N3/c54-32-33-23-25-34(26-24-33)37-27-28-44-38-17-7-8-18-39(38)45-29-30-46(50(37)51(44)45)49-40-19-9-11-21-42(40)52(43-22-12-10-20-41(43)49)53-55-47(35-13-3-1-4-14-35)31-48(56-53)36-15-5-2-6-16-36;50-30-31-19-21-32(22-20-31)35-23-25-41-37-16-8-9-17-38(37)42-26-27-43(47(35)48(41)42)40-24-28-44(39-18-10-7-15-36(39)40)49-51-45(33-11-3-1-4-12-33)29-46(52-49)34-13-5-2-6-14-34/h1-31H;1-29H. The molecule has 0 saturated heterocycles. The fraction of sp³-hybridized carbons (Fsp3) is 0. The van der Waals surface area contributed by atoms with Crippen LogP contribution in [0.2, 0.25) is 0 Å². The SMILES string of the molecule is N#Cc1ccc(-c2ccc3c4c(ccc(-c5c6ccccc6c(-c6nc(-c7ccccc7)cc(-c7ccccc7)n6)c6ccccc56)c24)-c2ccccc2-3)cc1.N#Cc1ccc(-c2ccc3c4c(ccc(-c5ccc(-c6nc(-c7ccccc7)cc(-c7ccccc7)n6)c6ccccc56)c24)-c2ccccc2-3)cc1. The van der Waals surface area contributed by atoms with Gasteiger partial charge in [-0.05, 0) is 185 Å². The monoisotopic (exact) mass is 1370 g/mol. The summed E-state index contributed by atoms with van der Waals surface area (Å²) < 4.78 is 0. The second-order valence-corrected chi connectivity index (χ2v) is 27.5. The van der Waals surface area contributed by atoms with Gasteiger partial charge in [0.2, 0.25) is 0 Å². The molecule has 0 amide bonds. The molecule has 17 aromatic carbocycles. The lowest BCUT2D eigenvalue weighted by Crippen LogP contribution is -1.99. The van der Waals surface area contributed by atoms with Gasteiger partial charge in [-0.1, -0.05) is 322 Å². The van der Waals surface area contributed by atoms with E-state index in [9.17, 15) is 10.5 Å². The van der Waals surface area contributed by atoms with Gasteiger partial charge in [-0.15, -0.1) is 0 Å². The number of hydrogen-bond acceptors (Lipinski definition) is 6. The van der Waals surface area contributed by atoms with E-state index in [4.69, 9.17) is 19.9 Å². The van der Waals surface area contributed by atoms with Gasteiger partial charge in [0.05, 0.1) is 46.0 Å². The third-order valence-corrected chi connectivity index (χ3v) is 21.6. The van der Waals surface area contributed by atoms with Crippen molar-refractivity contribution in [2.45, 2.75) is 0 Å². The number of aromatic nitrogens is 4. The molecule has 2 aromatic heterocycles. The summed E-state index contributed by atoms with van der Waals surface area (Å²) in [5.74, 6) is 1.38. The Kier molecular flexibility index (Phi) is 15.2. The molecule has 6 nitrogen and oxygen atoms in total. The lowest BCUT2D eigenvalue weighted by Gasteiger charge is -2.20. The van der Waals surface area contributed by atoms with Crippen LogP contribution in [0.15, 0.2) is 364 Å². The van der Waals surface area contributed by atoms with Crippen molar-refractivity contribution in [1.82, 2.24) is 19.9 Å². The minimum atomic E-state index is 0.647. The zero-order valence-corrected chi connectivity index (χ0v) is 58.3. The summed E-state index contributed by atoms with van der Waals surface area (Å²) >= 11 is 0. The molecular formula is C102H60N6. The van der Waals surface area contributed by atoms with Crippen LogP contribution < -0.4 is 0 Å². The van der Waals surface area contributed by atoms with E-state index in [1.54, 1.807) is 0 Å². The number of benzene rings is 17. The second-order valence-electron chi connectivity index (χ2n) is 27.5. The third-order valence-electron chi connectivity index (χ3n) is 21.6. The Balaban J connectivity index is 0.000000143. The highest BCUT2D eigenvalue weighted by Crippen LogP contribution is 2.56. The number of hydrogen-bond donors (Lipinski definition) is 0. The summed E-state index contributed by atoms with van der Waals surface area (Å²) in [6.07, 6.45) is 0. The highest BCUT2D eigenvalue weighted by Gasteiger charge is 2.30. The van der Waals surface area contributed by atoms with E-state index in [0.29, 0.717) is 22.8 Å². The van der Waals surface area contributed by atoms with Gasteiger partial charge in [-0.3, -0.25) is 0 Å². The average Bonchev–Trinajstić information content (AvgIpc) is 1.41. The molecule has 498 valence electrons. The van der Waals surface area contributed by atoms with E-state index in [1.165, 1.54) is 82.7 Å². The van der Waals surface area contributed by atoms with Crippen molar-refractivity contribution in [3.8, 4) is 169 Å². The molecule has 2 aliphatic rings. The molecular weight excluding hydrogens is 1310 g/mol. The molecule has 21 rings (SSSR count). The van der Waals surface area contributed by atoms with Crippen LogP contribution in [0, 0.1) is 22.7 Å². The maximum absolute atomic E-state index is 9.64. The Hall–Kier alpha value is -14.8. The quantitative estimate of drug-likeness (QED) is 0.127. The highest BCUT2D eigenvalue weighted by atomic mass is 14.9. The zero-order valence-electron chi connectivity index (χ0n) is 58.3. The van der Waals surface area contributed by atoms with Gasteiger partial charge in [-0.2, -0.15) is 10.5 Å². The van der Waals surface area contributed by atoms with Gasteiger partial charge >= 0.3 is 0 Å².